The van der Waals surface area contributed by atoms with Crippen LogP contribution in [0.1, 0.15) is 45.6 Å². The predicted octanol–water partition coefficient (Wildman–Crippen LogP) is 4.70. The normalized spacial score (nSPS) is 17.0. The Morgan fingerprint density at radius 3 is 2.64 bits per heavy atom. The Bertz CT molecular complexity index is 918. The van der Waals surface area contributed by atoms with Crippen molar-refractivity contribution in [1.29, 1.82) is 0 Å². The monoisotopic (exact) mass is 408 g/mol. The van der Waals surface area contributed by atoms with E-state index in [0.29, 0.717) is 19.5 Å². The first-order valence-corrected chi connectivity index (χ1v) is 10.1. The van der Waals surface area contributed by atoms with Gasteiger partial charge in [0.05, 0.1) is 5.56 Å². The highest BCUT2D eigenvalue weighted by atomic mass is 32.1. The number of hydrogen-bond donors (Lipinski definition) is 1. The third-order valence-corrected chi connectivity index (χ3v) is 6.37. The van der Waals surface area contributed by atoms with E-state index in [2.05, 4.69) is 5.32 Å². The molecule has 8 heteroatoms. The summed E-state index contributed by atoms with van der Waals surface area (Å²) >= 11 is 1.63. The zero-order valence-corrected chi connectivity index (χ0v) is 15.8. The van der Waals surface area contributed by atoms with Crippen LogP contribution in [0.3, 0.4) is 0 Å². The molecule has 2 aliphatic rings. The Hall–Kier alpha value is -2.35. The van der Waals surface area contributed by atoms with Gasteiger partial charge in [-0.05, 0) is 54.5 Å². The fraction of sp³-hybridized carbons (Fsp3) is 0.400. The molecule has 148 valence electrons. The van der Waals surface area contributed by atoms with Crippen LogP contribution >= 0.6 is 11.3 Å². The number of benzene rings is 1. The number of nitrogens with one attached hydrogen (secondary N) is 1. The number of anilines is 1. The Labute approximate surface area is 164 Å². The average molecular weight is 408 g/mol. The Morgan fingerprint density at radius 2 is 1.96 bits per heavy atom. The SMILES string of the molecule is O=C(Nc1cc(C(=O)N2CCc3sccc3C2)cc(C(F)(F)F)c1)C1CCC1. The summed E-state index contributed by atoms with van der Waals surface area (Å²) in [6.45, 7) is 0.851. The van der Waals surface area contributed by atoms with Gasteiger partial charge in [0.1, 0.15) is 0 Å². The van der Waals surface area contributed by atoms with Gasteiger partial charge in [-0.1, -0.05) is 6.42 Å². The largest absolute Gasteiger partial charge is 0.416 e. The molecule has 2 heterocycles. The fourth-order valence-electron chi connectivity index (χ4n) is 3.51. The first-order chi connectivity index (χ1) is 13.3. The second kappa shape index (κ2) is 7.24. The second-order valence-electron chi connectivity index (χ2n) is 7.26. The zero-order valence-electron chi connectivity index (χ0n) is 15.0. The van der Waals surface area contributed by atoms with Gasteiger partial charge in [0.2, 0.25) is 5.91 Å². The summed E-state index contributed by atoms with van der Waals surface area (Å²) in [5.74, 6) is -0.903. The van der Waals surface area contributed by atoms with Crippen LogP contribution in [0, 0.1) is 5.92 Å². The lowest BCUT2D eigenvalue weighted by atomic mass is 9.85. The summed E-state index contributed by atoms with van der Waals surface area (Å²) in [6, 6.07) is 5.04. The molecular formula is C20H19F3N2O2S. The molecule has 0 saturated heterocycles. The highest BCUT2D eigenvalue weighted by Gasteiger charge is 2.33. The molecule has 1 aliphatic carbocycles. The first kappa shape index (κ1) is 19.0. The number of alkyl halides is 3. The van der Waals surface area contributed by atoms with E-state index in [1.165, 1.54) is 10.9 Å². The van der Waals surface area contributed by atoms with E-state index in [0.717, 1.165) is 37.0 Å². The summed E-state index contributed by atoms with van der Waals surface area (Å²) in [7, 11) is 0. The molecule has 1 saturated carbocycles. The number of hydrogen-bond acceptors (Lipinski definition) is 3. The van der Waals surface area contributed by atoms with E-state index < -0.39 is 17.6 Å². The summed E-state index contributed by atoms with van der Waals surface area (Å²) in [4.78, 5) is 27.8. The van der Waals surface area contributed by atoms with Crippen LogP contribution in [-0.2, 0) is 23.9 Å². The number of amides is 2. The van der Waals surface area contributed by atoms with Gasteiger partial charge in [-0.15, -0.1) is 11.3 Å². The molecule has 0 atom stereocenters. The molecule has 28 heavy (non-hydrogen) atoms. The first-order valence-electron chi connectivity index (χ1n) is 9.19. The number of carbonyl (C=O) groups is 2. The molecule has 2 aromatic rings. The molecule has 1 fully saturated rings. The van der Waals surface area contributed by atoms with Crippen molar-refractivity contribution in [3.63, 3.8) is 0 Å². The maximum absolute atomic E-state index is 13.3. The van der Waals surface area contributed by atoms with Gasteiger partial charge in [0, 0.05) is 35.1 Å². The van der Waals surface area contributed by atoms with Gasteiger partial charge in [0.15, 0.2) is 0 Å². The second-order valence-corrected chi connectivity index (χ2v) is 8.26. The third kappa shape index (κ3) is 3.78. The Balaban J connectivity index is 1.60. The summed E-state index contributed by atoms with van der Waals surface area (Å²) in [5.41, 5.74) is 0.0614. The molecule has 1 aromatic heterocycles. The topological polar surface area (TPSA) is 49.4 Å². The number of nitrogens with zero attached hydrogens (tertiary/aromatic N) is 1. The van der Waals surface area contributed by atoms with Crippen LogP contribution in [0.25, 0.3) is 0 Å². The number of fused-ring (bicyclic) bond motifs is 1. The van der Waals surface area contributed by atoms with Crippen LogP contribution in [-0.4, -0.2) is 23.3 Å². The molecule has 4 rings (SSSR count). The number of halogens is 3. The molecule has 1 N–H and O–H groups in total. The van der Waals surface area contributed by atoms with Crippen molar-refractivity contribution in [2.75, 3.05) is 11.9 Å². The summed E-state index contributed by atoms with van der Waals surface area (Å²) in [6.07, 6.45) is -1.47. The van der Waals surface area contributed by atoms with Gasteiger partial charge in [-0.3, -0.25) is 9.59 Å². The minimum atomic E-state index is -4.60. The smallest absolute Gasteiger partial charge is 0.334 e. The van der Waals surface area contributed by atoms with E-state index >= 15 is 0 Å². The minimum absolute atomic E-state index is 0.0170. The third-order valence-electron chi connectivity index (χ3n) is 5.35. The van der Waals surface area contributed by atoms with Gasteiger partial charge < -0.3 is 10.2 Å². The minimum Gasteiger partial charge on any atom is -0.334 e. The van der Waals surface area contributed by atoms with Crippen LogP contribution in [0.5, 0.6) is 0 Å². The highest BCUT2D eigenvalue weighted by molar-refractivity contribution is 7.10. The number of rotatable bonds is 3. The molecule has 1 aliphatic heterocycles. The number of carbonyl (C=O) groups excluding carboxylic acids is 2. The lowest BCUT2D eigenvalue weighted by Crippen LogP contribution is -2.35. The Kier molecular flexibility index (Phi) is 4.91. The van der Waals surface area contributed by atoms with Crippen LogP contribution in [0.4, 0.5) is 18.9 Å². The molecule has 0 radical (unpaired) electrons. The van der Waals surface area contributed by atoms with Crippen molar-refractivity contribution in [2.24, 2.45) is 5.92 Å². The molecule has 0 spiro atoms. The van der Waals surface area contributed by atoms with E-state index in [-0.39, 0.29) is 23.1 Å². The van der Waals surface area contributed by atoms with Gasteiger partial charge in [0.25, 0.3) is 5.91 Å². The van der Waals surface area contributed by atoms with E-state index in [1.807, 2.05) is 11.4 Å². The average Bonchev–Trinajstić information content (AvgIpc) is 3.06. The molecular weight excluding hydrogens is 389 g/mol. The lowest BCUT2D eigenvalue weighted by molar-refractivity contribution is -0.137. The van der Waals surface area contributed by atoms with Crippen LogP contribution < -0.4 is 5.32 Å². The molecule has 4 nitrogen and oxygen atoms in total. The van der Waals surface area contributed by atoms with Gasteiger partial charge >= 0.3 is 6.18 Å². The van der Waals surface area contributed by atoms with Crippen molar-refractivity contribution in [1.82, 2.24) is 4.90 Å². The molecule has 2 amide bonds. The van der Waals surface area contributed by atoms with Gasteiger partial charge in [-0.2, -0.15) is 13.2 Å². The fourth-order valence-corrected chi connectivity index (χ4v) is 4.40. The van der Waals surface area contributed by atoms with Crippen molar-refractivity contribution in [3.05, 3.63) is 51.2 Å². The van der Waals surface area contributed by atoms with Crippen molar-refractivity contribution >= 4 is 28.8 Å². The highest BCUT2D eigenvalue weighted by Crippen LogP contribution is 2.34. The van der Waals surface area contributed by atoms with E-state index in [1.54, 1.807) is 16.2 Å². The van der Waals surface area contributed by atoms with E-state index in [9.17, 15) is 22.8 Å². The van der Waals surface area contributed by atoms with Crippen molar-refractivity contribution < 1.29 is 22.8 Å². The summed E-state index contributed by atoms with van der Waals surface area (Å²) < 4.78 is 40.0. The number of thiophene rings is 1. The van der Waals surface area contributed by atoms with Crippen molar-refractivity contribution in [3.8, 4) is 0 Å². The molecule has 0 unspecified atom stereocenters. The quantitative estimate of drug-likeness (QED) is 0.800. The summed E-state index contributed by atoms with van der Waals surface area (Å²) in [5, 5.41) is 4.51. The van der Waals surface area contributed by atoms with Crippen LogP contribution in [0.15, 0.2) is 29.6 Å². The van der Waals surface area contributed by atoms with Crippen molar-refractivity contribution in [2.45, 2.75) is 38.4 Å². The van der Waals surface area contributed by atoms with Gasteiger partial charge in [-0.25, -0.2) is 0 Å². The zero-order chi connectivity index (χ0) is 19.9. The maximum Gasteiger partial charge on any atom is 0.416 e. The van der Waals surface area contributed by atoms with Crippen LogP contribution in [0.2, 0.25) is 0 Å². The van der Waals surface area contributed by atoms with E-state index in [4.69, 9.17) is 0 Å². The maximum atomic E-state index is 13.3. The molecule has 0 bridgehead atoms. The standard InChI is InChI=1S/C20H19F3N2O2S/c21-20(22,23)15-8-14(9-16(10-15)24-18(26)12-2-1-3-12)19(27)25-6-4-17-13(11-25)5-7-28-17/h5,7-10,12H,1-4,6,11H2,(H,24,26). The predicted molar refractivity (Wildman–Crippen MR) is 100 cm³/mol. The molecule has 1 aromatic carbocycles. The lowest BCUT2D eigenvalue weighted by Gasteiger charge is -2.28. The Morgan fingerprint density at radius 1 is 1.18 bits per heavy atom.